The van der Waals surface area contributed by atoms with E-state index in [1.807, 2.05) is 31.1 Å². The highest BCUT2D eigenvalue weighted by Gasteiger charge is 2.10. The monoisotopic (exact) mass is 238 g/mol. The Morgan fingerprint density at radius 2 is 2.12 bits per heavy atom. The zero-order chi connectivity index (χ0) is 12.8. The summed E-state index contributed by atoms with van der Waals surface area (Å²) in [7, 11) is 3.81. The van der Waals surface area contributed by atoms with Crippen molar-refractivity contribution in [3.05, 3.63) is 29.6 Å². The van der Waals surface area contributed by atoms with Crippen molar-refractivity contribution in [3.8, 4) is 0 Å². The molecule has 0 aliphatic rings. The fourth-order valence-corrected chi connectivity index (χ4v) is 1.87. The molecule has 0 bridgehead atoms. The molecular formula is C14H23FN2. The third-order valence-corrected chi connectivity index (χ3v) is 3.09. The summed E-state index contributed by atoms with van der Waals surface area (Å²) in [6, 6.07) is 5.45. The fraction of sp³-hybridized carbons (Fsp3) is 0.571. The zero-order valence-corrected chi connectivity index (χ0v) is 11.3. The van der Waals surface area contributed by atoms with Gasteiger partial charge in [-0.05, 0) is 30.7 Å². The normalized spacial score (nSPS) is 12.5. The molecule has 1 aromatic carbocycles. The second kappa shape index (κ2) is 6.60. The van der Waals surface area contributed by atoms with E-state index in [1.54, 1.807) is 6.07 Å². The fourth-order valence-electron chi connectivity index (χ4n) is 1.87. The lowest BCUT2D eigenvalue weighted by molar-refractivity contribution is 0.549. The van der Waals surface area contributed by atoms with E-state index in [4.69, 9.17) is 0 Å². The number of hydrogen-bond donors (Lipinski definition) is 1. The molecule has 1 aromatic rings. The van der Waals surface area contributed by atoms with Crippen molar-refractivity contribution >= 4 is 5.69 Å². The molecule has 2 nitrogen and oxygen atoms in total. The molecule has 0 aliphatic carbocycles. The molecule has 0 fully saturated rings. The molecule has 1 N–H and O–H groups in total. The van der Waals surface area contributed by atoms with Crippen LogP contribution in [0.3, 0.4) is 0 Å². The second-order valence-electron chi connectivity index (χ2n) is 4.71. The van der Waals surface area contributed by atoms with Crippen LogP contribution < -0.4 is 10.2 Å². The molecule has 3 heteroatoms. The topological polar surface area (TPSA) is 15.3 Å². The number of nitrogens with zero attached hydrogens (tertiary/aromatic N) is 1. The summed E-state index contributed by atoms with van der Waals surface area (Å²) < 4.78 is 13.9. The SMILES string of the molecule is CCC(C)CN(C)c1ccc(CNC)cc1F. The van der Waals surface area contributed by atoms with Crippen LogP contribution in [0, 0.1) is 11.7 Å². The summed E-state index contributed by atoms with van der Waals surface area (Å²) in [4.78, 5) is 1.99. The molecule has 1 rings (SSSR count). The predicted octanol–water partition coefficient (Wildman–Crippen LogP) is 3.03. The van der Waals surface area contributed by atoms with E-state index in [9.17, 15) is 4.39 Å². The van der Waals surface area contributed by atoms with E-state index in [2.05, 4.69) is 19.2 Å². The van der Waals surface area contributed by atoms with Gasteiger partial charge in [0.25, 0.3) is 0 Å². The molecule has 0 aromatic heterocycles. The Hall–Kier alpha value is -1.09. The third kappa shape index (κ3) is 4.00. The summed E-state index contributed by atoms with van der Waals surface area (Å²) in [6.45, 7) is 5.93. The van der Waals surface area contributed by atoms with Crippen LogP contribution in [-0.4, -0.2) is 20.6 Å². The average Bonchev–Trinajstić information content (AvgIpc) is 2.29. The van der Waals surface area contributed by atoms with Crippen molar-refractivity contribution in [2.45, 2.75) is 26.8 Å². The molecular weight excluding hydrogens is 215 g/mol. The lowest BCUT2D eigenvalue weighted by atomic mass is 10.1. The summed E-state index contributed by atoms with van der Waals surface area (Å²) in [5, 5.41) is 3.02. The number of rotatable bonds is 6. The maximum Gasteiger partial charge on any atom is 0.146 e. The molecule has 0 amide bonds. The van der Waals surface area contributed by atoms with Crippen LogP contribution in [0.15, 0.2) is 18.2 Å². The van der Waals surface area contributed by atoms with Crippen LogP contribution in [0.5, 0.6) is 0 Å². The van der Waals surface area contributed by atoms with E-state index in [-0.39, 0.29) is 5.82 Å². The summed E-state index contributed by atoms with van der Waals surface area (Å²) in [5.41, 5.74) is 1.66. The van der Waals surface area contributed by atoms with Crippen molar-refractivity contribution in [3.63, 3.8) is 0 Å². The van der Waals surface area contributed by atoms with Crippen LogP contribution in [0.1, 0.15) is 25.8 Å². The molecule has 0 saturated heterocycles. The van der Waals surface area contributed by atoms with Crippen molar-refractivity contribution in [1.82, 2.24) is 5.32 Å². The van der Waals surface area contributed by atoms with Gasteiger partial charge in [0.05, 0.1) is 5.69 Å². The smallest absolute Gasteiger partial charge is 0.146 e. The first-order valence-corrected chi connectivity index (χ1v) is 6.22. The van der Waals surface area contributed by atoms with Crippen LogP contribution in [0.2, 0.25) is 0 Å². The van der Waals surface area contributed by atoms with Gasteiger partial charge in [0, 0.05) is 20.1 Å². The van der Waals surface area contributed by atoms with Gasteiger partial charge in [0.15, 0.2) is 0 Å². The Morgan fingerprint density at radius 3 is 2.65 bits per heavy atom. The van der Waals surface area contributed by atoms with E-state index in [0.29, 0.717) is 18.2 Å². The molecule has 0 saturated carbocycles. The van der Waals surface area contributed by atoms with Gasteiger partial charge in [-0.2, -0.15) is 0 Å². The summed E-state index contributed by atoms with van der Waals surface area (Å²) in [6.07, 6.45) is 1.11. The maximum atomic E-state index is 13.9. The minimum Gasteiger partial charge on any atom is -0.372 e. The van der Waals surface area contributed by atoms with Crippen molar-refractivity contribution in [2.75, 3.05) is 25.5 Å². The van der Waals surface area contributed by atoms with Crippen molar-refractivity contribution in [2.24, 2.45) is 5.92 Å². The van der Waals surface area contributed by atoms with Crippen LogP contribution in [0.4, 0.5) is 10.1 Å². The van der Waals surface area contributed by atoms with Crippen LogP contribution in [0.25, 0.3) is 0 Å². The maximum absolute atomic E-state index is 13.9. The Balaban J connectivity index is 2.77. The van der Waals surface area contributed by atoms with Gasteiger partial charge in [-0.3, -0.25) is 0 Å². The molecule has 0 heterocycles. The lowest BCUT2D eigenvalue weighted by Crippen LogP contribution is -2.24. The number of nitrogens with one attached hydrogen (secondary N) is 1. The highest BCUT2D eigenvalue weighted by atomic mass is 19.1. The van der Waals surface area contributed by atoms with Gasteiger partial charge in [-0.15, -0.1) is 0 Å². The Labute approximate surface area is 104 Å². The van der Waals surface area contributed by atoms with Gasteiger partial charge in [-0.25, -0.2) is 4.39 Å². The van der Waals surface area contributed by atoms with Gasteiger partial charge in [-0.1, -0.05) is 26.3 Å². The van der Waals surface area contributed by atoms with Gasteiger partial charge in [0.1, 0.15) is 5.82 Å². The van der Waals surface area contributed by atoms with E-state index >= 15 is 0 Å². The first-order chi connectivity index (χ1) is 8.08. The number of hydrogen-bond acceptors (Lipinski definition) is 2. The van der Waals surface area contributed by atoms with Gasteiger partial charge < -0.3 is 10.2 Å². The summed E-state index contributed by atoms with van der Waals surface area (Å²) in [5.74, 6) is 0.444. The van der Waals surface area contributed by atoms with Crippen molar-refractivity contribution < 1.29 is 4.39 Å². The van der Waals surface area contributed by atoms with Crippen LogP contribution in [-0.2, 0) is 6.54 Å². The number of halogens is 1. The Morgan fingerprint density at radius 1 is 1.41 bits per heavy atom. The van der Waals surface area contributed by atoms with Gasteiger partial charge >= 0.3 is 0 Å². The average molecular weight is 238 g/mol. The molecule has 17 heavy (non-hydrogen) atoms. The highest BCUT2D eigenvalue weighted by Crippen LogP contribution is 2.20. The minimum atomic E-state index is -0.136. The Kier molecular flexibility index (Phi) is 5.42. The highest BCUT2D eigenvalue weighted by molar-refractivity contribution is 5.48. The molecule has 0 aliphatic heterocycles. The van der Waals surface area contributed by atoms with E-state index < -0.39 is 0 Å². The third-order valence-electron chi connectivity index (χ3n) is 3.09. The lowest BCUT2D eigenvalue weighted by Gasteiger charge is -2.23. The standard InChI is InChI=1S/C14H23FN2/c1-5-11(2)10-17(4)14-7-6-12(9-16-3)8-13(14)15/h6-8,11,16H,5,9-10H2,1-4H3. The Bertz CT molecular complexity index is 352. The molecule has 0 radical (unpaired) electrons. The number of anilines is 1. The molecule has 96 valence electrons. The van der Waals surface area contributed by atoms with Crippen LogP contribution >= 0.6 is 0 Å². The van der Waals surface area contributed by atoms with Crippen molar-refractivity contribution in [1.29, 1.82) is 0 Å². The molecule has 1 unspecified atom stereocenters. The van der Waals surface area contributed by atoms with Gasteiger partial charge in [0.2, 0.25) is 0 Å². The van der Waals surface area contributed by atoms with E-state index in [1.165, 1.54) is 0 Å². The predicted molar refractivity (Wildman–Crippen MR) is 71.9 cm³/mol. The second-order valence-corrected chi connectivity index (χ2v) is 4.71. The largest absolute Gasteiger partial charge is 0.372 e. The van der Waals surface area contributed by atoms with E-state index in [0.717, 1.165) is 18.5 Å². The summed E-state index contributed by atoms with van der Waals surface area (Å²) >= 11 is 0. The first kappa shape index (κ1) is 14.0. The molecule has 1 atom stereocenters. The minimum absolute atomic E-state index is 0.136. The number of benzene rings is 1. The molecule has 0 spiro atoms. The first-order valence-electron chi connectivity index (χ1n) is 6.22. The zero-order valence-electron chi connectivity index (χ0n) is 11.3. The quantitative estimate of drug-likeness (QED) is 0.819.